The van der Waals surface area contributed by atoms with Crippen molar-refractivity contribution < 1.29 is 9.18 Å². The van der Waals surface area contributed by atoms with Crippen LogP contribution in [0, 0.1) is 5.82 Å². The van der Waals surface area contributed by atoms with Crippen LogP contribution in [-0.4, -0.2) is 25.5 Å². The lowest BCUT2D eigenvalue weighted by Crippen LogP contribution is -2.32. The second-order valence-electron chi connectivity index (χ2n) is 3.99. The van der Waals surface area contributed by atoms with Crippen LogP contribution >= 0.6 is 12.4 Å². The van der Waals surface area contributed by atoms with Gasteiger partial charge in [-0.1, -0.05) is 19.1 Å². The van der Waals surface area contributed by atoms with Gasteiger partial charge in [-0.15, -0.1) is 12.4 Å². The van der Waals surface area contributed by atoms with Crippen molar-refractivity contribution in [3.8, 4) is 0 Å². The number of rotatable bonds is 6. The summed E-state index contributed by atoms with van der Waals surface area (Å²) in [6.07, 6.45) is 1.74. The Morgan fingerprint density at radius 1 is 1.26 bits per heavy atom. The van der Waals surface area contributed by atoms with Crippen LogP contribution in [0.5, 0.6) is 0 Å². The molecule has 5 heteroatoms. The zero-order valence-corrected chi connectivity index (χ0v) is 12.0. The Kier molecular flexibility index (Phi) is 8.83. The minimum absolute atomic E-state index is 0. The van der Waals surface area contributed by atoms with E-state index in [4.69, 9.17) is 0 Å². The second-order valence-corrected chi connectivity index (χ2v) is 3.99. The van der Waals surface area contributed by atoms with Gasteiger partial charge in [-0.2, -0.15) is 0 Å². The summed E-state index contributed by atoms with van der Waals surface area (Å²) in [6.45, 7) is 6.00. The van der Waals surface area contributed by atoms with Crippen molar-refractivity contribution in [3.05, 3.63) is 41.2 Å². The summed E-state index contributed by atoms with van der Waals surface area (Å²) in [4.78, 5) is 11.7. The van der Waals surface area contributed by atoms with Gasteiger partial charge in [0.05, 0.1) is 0 Å². The molecular formula is C14H20ClFN2O. The Bertz CT molecular complexity index is 418. The molecule has 0 aliphatic rings. The van der Waals surface area contributed by atoms with Gasteiger partial charge in [0.15, 0.2) is 0 Å². The van der Waals surface area contributed by atoms with E-state index in [1.54, 1.807) is 25.1 Å². The van der Waals surface area contributed by atoms with Gasteiger partial charge in [-0.25, -0.2) is 4.39 Å². The number of amides is 1. The average Bonchev–Trinajstić information content (AvgIpc) is 2.37. The third-order valence-electron chi connectivity index (χ3n) is 2.45. The highest BCUT2D eigenvalue weighted by Crippen LogP contribution is 2.08. The second kappa shape index (κ2) is 9.53. The van der Waals surface area contributed by atoms with E-state index in [2.05, 4.69) is 10.6 Å². The summed E-state index contributed by atoms with van der Waals surface area (Å²) in [5, 5.41) is 5.93. The van der Waals surface area contributed by atoms with Gasteiger partial charge in [-0.3, -0.25) is 4.79 Å². The highest BCUT2D eigenvalue weighted by Gasteiger charge is 2.02. The number of carbonyl (C=O) groups excluding carboxylic acids is 1. The van der Waals surface area contributed by atoms with Crippen LogP contribution in [0.3, 0.4) is 0 Å². The van der Waals surface area contributed by atoms with Crippen LogP contribution < -0.4 is 10.6 Å². The predicted octanol–water partition coefficient (Wildman–Crippen LogP) is 2.38. The van der Waals surface area contributed by atoms with Crippen LogP contribution in [0.1, 0.15) is 19.4 Å². The van der Waals surface area contributed by atoms with E-state index < -0.39 is 0 Å². The molecule has 106 valence electrons. The van der Waals surface area contributed by atoms with Crippen LogP contribution in [-0.2, 0) is 4.79 Å². The fourth-order valence-electron chi connectivity index (χ4n) is 1.46. The summed E-state index contributed by atoms with van der Waals surface area (Å²) in [7, 11) is 0. The molecule has 0 heterocycles. The molecule has 1 aromatic carbocycles. The molecule has 0 spiro atoms. The van der Waals surface area contributed by atoms with Crippen LogP contribution in [0.25, 0.3) is 6.08 Å². The Morgan fingerprint density at radius 3 is 2.47 bits per heavy atom. The smallest absolute Gasteiger partial charge is 0.246 e. The molecule has 1 rings (SSSR count). The standard InChI is InChI=1S/C14H19FN2O.ClH/c1-3-16-8-9-17-14(18)11(2)10-12-4-6-13(15)7-5-12;/h4-7,10,16H,3,8-9H2,1-2H3,(H,17,18);1H. The van der Waals surface area contributed by atoms with Crippen molar-refractivity contribution in [1.82, 2.24) is 10.6 Å². The van der Waals surface area contributed by atoms with E-state index >= 15 is 0 Å². The predicted molar refractivity (Wildman–Crippen MR) is 78.9 cm³/mol. The summed E-state index contributed by atoms with van der Waals surface area (Å²) >= 11 is 0. The number of carbonyl (C=O) groups is 1. The lowest BCUT2D eigenvalue weighted by atomic mass is 10.1. The third kappa shape index (κ3) is 6.94. The van der Waals surface area contributed by atoms with Gasteiger partial charge < -0.3 is 10.6 Å². The lowest BCUT2D eigenvalue weighted by Gasteiger charge is -2.05. The highest BCUT2D eigenvalue weighted by atomic mass is 35.5. The number of hydrogen-bond donors (Lipinski definition) is 2. The fourth-order valence-corrected chi connectivity index (χ4v) is 1.46. The maximum Gasteiger partial charge on any atom is 0.246 e. The Balaban J connectivity index is 0.00000324. The molecule has 0 bridgehead atoms. The minimum Gasteiger partial charge on any atom is -0.351 e. The lowest BCUT2D eigenvalue weighted by molar-refractivity contribution is -0.117. The summed E-state index contributed by atoms with van der Waals surface area (Å²) in [6, 6.07) is 6.04. The molecule has 2 N–H and O–H groups in total. The van der Waals surface area contributed by atoms with Gasteiger partial charge in [0.1, 0.15) is 5.82 Å². The van der Waals surface area contributed by atoms with Crippen molar-refractivity contribution in [2.24, 2.45) is 0 Å². The zero-order chi connectivity index (χ0) is 13.4. The highest BCUT2D eigenvalue weighted by molar-refractivity contribution is 5.97. The molecule has 0 saturated carbocycles. The Morgan fingerprint density at radius 2 is 1.89 bits per heavy atom. The molecule has 0 radical (unpaired) electrons. The average molecular weight is 287 g/mol. The summed E-state index contributed by atoms with van der Waals surface area (Å²) < 4.78 is 12.7. The monoisotopic (exact) mass is 286 g/mol. The molecule has 1 amide bonds. The molecule has 0 fully saturated rings. The maximum atomic E-state index is 12.7. The van der Waals surface area contributed by atoms with Gasteiger partial charge >= 0.3 is 0 Å². The van der Waals surface area contributed by atoms with Crippen LogP contribution in [0.2, 0.25) is 0 Å². The summed E-state index contributed by atoms with van der Waals surface area (Å²) in [5.74, 6) is -0.378. The molecule has 0 aliphatic carbocycles. The Hall–Kier alpha value is -1.39. The SMILES string of the molecule is CCNCCNC(=O)C(C)=Cc1ccc(F)cc1.Cl. The third-order valence-corrected chi connectivity index (χ3v) is 2.45. The van der Waals surface area contributed by atoms with Crippen molar-refractivity contribution >= 4 is 24.4 Å². The fraction of sp³-hybridized carbons (Fsp3) is 0.357. The van der Waals surface area contributed by atoms with Gasteiger partial charge in [0.2, 0.25) is 5.91 Å². The van der Waals surface area contributed by atoms with E-state index in [1.165, 1.54) is 12.1 Å². The van der Waals surface area contributed by atoms with Gasteiger partial charge in [0.25, 0.3) is 0 Å². The van der Waals surface area contributed by atoms with E-state index in [-0.39, 0.29) is 24.1 Å². The van der Waals surface area contributed by atoms with Crippen molar-refractivity contribution in [1.29, 1.82) is 0 Å². The van der Waals surface area contributed by atoms with Crippen LogP contribution in [0.4, 0.5) is 4.39 Å². The molecule has 1 aromatic rings. The van der Waals surface area contributed by atoms with E-state index in [0.29, 0.717) is 12.1 Å². The van der Waals surface area contributed by atoms with Crippen molar-refractivity contribution in [2.75, 3.05) is 19.6 Å². The van der Waals surface area contributed by atoms with Crippen LogP contribution in [0.15, 0.2) is 29.8 Å². The first-order chi connectivity index (χ1) is 8.63. The number of halogens is 2. The Labute approximate surface area is 119 Å². The minimum atomic E-state index is -0.278. The first kappa shape index (κ1) is 17.6. The van der Waals surface area contributed by atoms with Crippen molar-refractivity contribution in [3.63, 3.8) is 0 Å². The van der Waals surface area contributed by atoms with Crippen molar-refractivity contribution in [2.45, 2.75) is 13.8 Å². The topological polar surface area (TPSA) is 41.1 Å². The number of nitrogens with one attached hydrogen (secondary N) is 2. The molecule has 3 nitrogen and oxygen atoms in total. The van der Waals surface area contributed by atoms with Gasteiger partial charge in [0, 0.05) is 18.7 Å². The molecule has 0 unspecified atom stereocenters. The summed E-state index contributed by atoms with van der Waals surface area (Å²) in [5.41, 5.74) is 1.42. The molecule has 0 saturated heterocycles. The van der Waals surface area contributed by atoms with E-state index in [0.717, 1.165) is 18.7 Å². The number of likely N-dealkylation sites (N-methyl/N-ethyl adjacent to an activating group) is 1. The largest absolute Gasteiger partial charge is 0.351 e. The maximum absolute atomic E-state index is 12.7. The normalized spacial score (nSPS) is 10.8. The molecule has 19 heavy (non-hydrogen) atoms. The molecule has 0 aliphatic heterocycles. The number of benzene rings is 1. The quantitative estimate of drug-likeness (QED) is 0.623. The van der Waals surface area contributed by atoms with E-state index in [9.17, 15) is 9.18 Å². The molecular weight excluding hydrogens is 267 g/mol. The van der Waals surface area contributed by atoms with Gasteiger partial charge in [-0.05, 0) is 37.2 Å². The zero-order valence-electron chi connectivity index (χ0n) is 11.2. The number of hydrogen-bond acceptors (Lipinski definition) is 2. The van der Waals surface area contributed by atoms with E-state index in [1.807, 2.05) is 6.92 Å². The molecule has 0 atom stereocenters. The molecule has 0 aromatic heterocycles. The first-order valence-corrected chi connectivity index (χ1v) is 6.06. The first-order valence-electron chi connectivity index (χ1n) is 6.06.